The first-order chi connectivity index (χ1) is 5.36. The highest BCUT2D eigenvalue weighted by Crippen LogP contribution is 2.25. The van der Waals surface area contributed by atoms with Gasteiger partial charge in [0.1, 0.15) is 5.76 Å². The van der Waals surface area contributed by atoms with E-state index in [2.05, 4.69) is 33.4 Å². The molecule has 0 amide bonds. The summed E-state index contributed by atoms with van der Waals surface area (Å²) in [6.45, 7) is 0. The van der Waals surface area contributed by atoms with Gasteiger partial charge in [0.2, 0.25) is 0 Å². The SMILES string of the molecule is BrC1=CNC2=CCCC=C2O1. The Bertz CT molecular complexity index is 265. The molecule has 0 aromatic carbocycles. The Kier molecular flexibility index (Phi) is 1.74. The van der Waals surface area contributed by atoms with Crippen molar-refractivity contribution in [1.82, 2.24) is 5.32 Å². The van der Waals surface area contributed by atoms with Gasteiger partial charge in [-0.3, -0.25) is 0 Å². The number of allylic oxidation sites excluding steroid dienone is 2. The van der Waals surface area contributed by atoms with Crippen molar-refractivity contribution in [3.63, 3.8) is 0 Å². The molecule has 0 aromatic heterocycles. The summed E-state index contributed by atoms with van der Waals surface area (Å²) in [6.07, 6.45) is 8.21. The van der Waals surface area contributed by atoms with E-state index in [9.17, 15) is 0 Å². The van der Waals surface area contributed by atoms with Crippen molar-refractivity contribution in [2.45, 2.75) is 12.8 Å². The molecule has 58 valence electrons. The topological polar surface area (TPSA) is 21.3 Å². The minimum Gasteiger partial charge on any atom is -0.447 e. The molecule has 0 saturated carbocycles. The van der Waals surface area contributed by atoms with Crippen LogP contribution in [0.25, 0.3) is 0 Å². The normalized spacial score (nSPS) is 21.7. The van der Waals surface area contributed by atoms with E-state index in [-0.39, 0.29) is 0 Å². The van der Waals surface area contributed by atoms with Crippen LogP contribution in [0, 0.1) is 0 Å². The molecular weight excluding hydrogens is 206 g/mol. The molecule has 0 atom stereocenters. The maximum absolute atomic E-state index is 5.40. The highest BCUT2D eigenvalue weighted by molar-refractivity contribution is 9.11. The zero-order chi connectivity index (χ0) is 7.68. The van der Waals surface area contributed by atoms with Gasteiger partial charge in [0.15, 0.2) is 4.67 Å². The van der Waals surface area contributed by atoms with Crippen molar-refractivity contribution in [1.29, 1.82) is 0 Å². The molecule has 0 aromatic rings. The van der Waals surface area contributed by atoms with Crippen molar-refractivity contribution >= 4 is 15.9 Å². The lowest BCUT2D eigenvalue weighted by molar-refractivity contribution is 0.327. The van der Waals surface area contributed by atoms with Crippen LogP contribution in [-0.4, -0.2) is 0 Å². The van der Waals surface area contributed by atoms with Crippen LogP contribution in [0.5, 0.6) is 0 Å². The fourth-order valence-corrected chi connectivity index (χ4v) is 1.44. The molecule has 2 nitrogen and oxygen atoms in total. The molecule has 0 radical (unpaired) electrons. The summed E-state index contributed by atoms with van der Waals surface area (Å²) in [5, 5.41) is 3.13. The molecule has 3 heteroatoms. The summed E-state index contributed by atoms with van der Waals surface area (Å²) in [5.74, 6) is 0.936. The predicted molar refractivity (Wildman–Crippen MR) is 46.6 cm³/mol. The Balaban J connectivity index is 2.29. The van der Waals surface area contributed by atoms with E-state index in [0.29, 0.717) is 0 Å². The quantitative estimate of drug-likeness (QED) is 0.668. The van der Waals surface area contributed by atoms with Crippen LogP contribution in [0.2, 0.25) is 0 Å². The van der Waals surface area contributed by atoms with Crippen molar-refractivity contribution in [3.05, 3.63) is 34.5 Å². The van der Waals surface area contributed by atoms with Crippen LogP contribution < -0.4 is 5.32 Å². The second kappa shape index (κ2) is 2.74. The molecule has 1 N–H and O–H groups in total. The average molecular weight is 214 g/mol. The number of fused-ring (bicyclic) bond motifs is 1. The largest absolute Gasteiger partial charge is 0.447 e. The number of rotatable bonds is 0. The van der Waals surface area contributed by atoms with Crippen LogP contribution in [0.3, 0.4) is 0 Å². The molecule has 2 aliphatic rings. The summed E-state index contributed by atoms with van der Waals surface area (Å²) < 4.78 is 6.14. The Labute approximate surface area is 73.7 Å². The lowest BCUT2D eigenvalue weighted by Crippen LogP contribution is -2.16. The van der Waals surface area contributed by atoms with Gasteiger partial charge < -0.3 is 10.1 Å². The second-order valence-electron chi connectivity index (χ2n) is 2.46. The maximum Gasteiger partial charge on any atom is 0.185 e. The van der Waals surface area contributed by atoms with E-state index in [1.165, 1.54) is 0 Å². The number of halogens is 1. The molecule has 0 unspecified atom stereocenters. The van der Waals surface area contributed by atoms with E-state index in [1.54, 1.807) is 6.20 Å². The Morgan fingerprint density at radius 1 is 1.36 bits per heavy atom. The van der Waals surface area contributed by atoms with Crippen LogP contribution in [0.15, 0.2) is 34.5 Å². The van der Waals surface area contributed by atoms with Gasteiger partial charge in [-0.2, -0.15) is 0 Å². The van der Waals surface area contributed by atoms with Gasteiger partial charge in [0.25, 0.3) is 0 Å². The van der Waals surface area contributed by atoms with E-state index in [1.807, 2.05) is 0 Å². The molecule has 11 heavy (non-hydrogen) atoms. The Hall–Kier alpha value is -0.700. The molecule has 1 aliphatic carbocycles. The Morgan fingerprint density at radius 2 is 2.18 bits per heavy atom. The van der Waals surface area contributed by atoms with Crippen LogP contribution >= 0.6 is 15.9 Å². The monoisotopic (exact) mass is 213 g/mol. The van der Waals surface area contributed by atoms with E-state index in [4.69, 9.17) is 4.74 Å². The average Bonchev–Trinajstić information content (AvgIpc) is 2.04. The predicted octanol–water partition coefficient (Wildman–Crippen LogP) is 2.36. The molecule has 1 aliphatic heterocycles. The van der Waals surface area contributed by atoms with Crippen molar-refractivity contribution in [2.24, 2.45) is 0 Å². The van der Waals surface area contributed by atoms with Gasteiger partial charge >= 0.3 is 0 Å². The zero-order valence-corrected chi connectivity index (χ0v) is 7.52. The third-order valence-electron chi connectivity index (χ3n) is 1.66. The van der Waals surface area contributed by atoms with Gasteiger partial charge in [0.05, 0.1) is 11.9 Å². The summed E-state index contributed by atoms with van der Waals surface area (Å²) in [5.41, 5.74) is 1.08. The third kappa shape index (κ3) is 1.33. The summed E-state index contributed by atoms with van der Waals surface area (Å²) in [7, 11) is 0. The van der Waals surface area contributed by atoms with E-state index >= 15 is 0 Å². The van der Waals surface area contributed by atoms with E-state index < -0.39 is 0 Å². The lowest BCUT2D eigenvalue weighted by atomic mass is 10.1. The van der Waals surface area contributed by atoms with Gasteiger partial charge in [-0.15, -0.1) is 0 Å². The lowest BCUT2D eigenvalue weighted by Gasteiger charge is -2.20. The fourth-order valence-electron chi connectivity index (χ4n) is 1.15. The molecule has 1 heterocycles. The van der Waals surface area contributed by atoms with Crippen LogP contribution in [-0.2, 0) is 4.74 Å². The number of hydrogen-bond donors (Lipinski definition) is 1. The van der Waals surface area contributed by atoms with Crippen LogP contribution in [0.4, 0.5) is 0 Å². The highest BCUT2D eigenvalue weighted by Gasteiger charge is 2.14. The third-order valence-corrected chi connectivity index (χ3v) is 2.05. The zero-order valence-electron chi connectivity index (χ0n) is 5.93. The maximum atomic E-state index is 5.40. The van der Waals surface area contributed by atoms with Crippen molar-refractivity contribution in [2.75, 3.05) is 0 Å². The minimum absolute atomic E-state index is 0.739. The fraction of sp³-hybridized carbons (Fsp3) is 0.250. The molecule has 2 rings (SSSR count). The van der Waals surface area contributed by atoms with Gasteiger partial charge in [-0.05, 0) is 34.8 Å². The van der Waals surface area contributed by atoms with Crippen molar-refractivity contribution < 1.29 is 4.74 Å². The number of nitrogens with one attached hydrogen (secondary N) is 1. The second-order valence-corrected chi connectivity index (χ2v) is 3.24. The molecule has 0 fully saturated rings. The first-order valence-corrected chi connectivity index (χ1v) is 4.36. The van der Waals surface area contributed by atoms with Gasteiger partial charge in [0, 0.05) is 0 Å². The highest BCUT2D eigenvalue weighted by atomic mass is 79.9. The number of hydrogen-bond acceptors (Lipinski definition) is 2. The molecule has 0 bridgehead atoms. The summed E-state index contributed by atoms with van der Waals surface area (Å²) >= 11 is 3.26. The first kappa shape index (κ1) is 6.98. The van der Waals surface area contributed by atoms with Gasteiger partial charge in [-0.1, -0.05) is 6.08 Å². The van der Waals surface area contributed by atoms with Crippen molar-refractivity contribution in [3.8, 4) is 0 Å². The summed E-state index contributed by atoms with van der Waals surface area (Å²) in [4.78, 5) is 0. The summed E-state index contributed by atoms with van der Waals surface area (Å²) in [6, 6.07) is 0. The first-order valence-electron chi connectivity index (χ1n) is 3.57. The van der Waals surface area contributed by atoms with Crippen LogP contribution in [0.1, 0.15) is 12.8 Å². The van der Waals surface area contributed by atoms with Gasteiger partial charge in [-0.25, -0.2) is 0 Å². The smallest absolute Gasteiger partial charge is 0.185 e. The standard InChI is InChI=1S/C8H8BrNO/c9-8-5-10-6-3-1-2-4-7(6)11-8/h3-5,10H,1-2H2. The molecule has 0 spiro atoms. The molecule has 0 saturated heterocycles. The molecular formula is C8H8BrNO. The van der Waals surface area contributed by atoms with E-state index in [0.717, 1.165) is 29.0 Å². The number of ether oxygens (including phenoxy) is 1. The Morgan fingerprint density at radius 3 is 3.09 bits per heavy atom. The minimum atomic E-state index is 0.739.